The van der Waals surface area contributed by atoms with E-state index in [4.69, 9.17) is 9.47 Å². The van der Waals surface area contributed by atoms with Crippen molar-refractivity contribution < 1.29 is 14.6 Å². The summed E-state index contributed by atoms with van der Waals surface area (Å²) in [5, 5.41) is 16.4. The Hall–Kier alpha value is -0.530. The number of ether oxygens (including phenoxy) is 2. The molecule has 0 radical (unpaired) electrons. The fraction of sp³-hybridized carbons (Fsp3) is 0.800. The number of aliphatic hydroxyl groups excluding tert-OH is 1. The van der Waals surface area contributed by atoms with E-state index in [1.54, 1.807) is 18.4 Å². The van der Waals surface area contributed by atoms with Crippen LogP contribution < -0.4 is 5.32 Å². The third-order valence-corrected chi connectivity index (χ3v) is 5.56. The summed E-state index contributed by atoms with van der Waals surface area (Å²) in [4.78, 5) is 4.52. The lowest BCUT2D eigenvalue weighted by Crippen LogP contribution is -2.73. The normalized spacial score (nSPS) is 27.6. The fourth-order valence-electron chi connectivity index (χ4n) is 2.98. The van der Waals surface area contributed by atoms with Gasteiger partial charge >= 0.3 is 0 Å². The lowest BCUT2D eigenvalue weighted by molar-refractivity contribution is -0.177. The van der Waals surface area contributed by atoms with Crippen molar-refractivity contribution in [2.45, 2.75) is 52.0 Å². The molecule has 1 fully saturated rings. The summed E-state index contributed by atoms with van der Waals surface area (Å²) in [7, 11) is 1.67. The van der Waals surface area contributed by atoms with Crippen molar-refractivity contribution >= 4 is 11.3 Å². The van der Waals surface area contributed by atoms with Gasteiger partial charge in [-0.05, 0) is 13.3 Å². The molecule has 1 aromatic heterocycles. The zero-order valence-electron chi connectivity index (χ0n) is 13.3. The molecule has 0 saturated heterocycles. The van der Waals surface area contributed by atoms with Gasteiger partial charge in [-0.1, -0.05) is 13.8 Å². The molecule has 0 amide bonds. The van der Waals surface area contributed by atoms with Crippen LogP contribution in [0.15, 0.2) is 5.38 Å². The van der Waals surface area contributed by atoms with E-state index < -0.39 is 0 Å². The highest BCUT2D eigenvalue weighted by Gasteiger charge is 2.60. The quantitative estimate of drug-likeness (QED) is 0.768. The maximum atomic E-state index is 9.87. The zero-order chi connectivity index (χ0) is 15.5. The van der Waals surface area contributed by atoms with E-state index in [2.05, 4.69) is 24.1 Å². The molecule has 1 saturated carbocycles. The van der Waals surface area contributed by atoms with Crippen molar-refractivity contribution in [1.82, 2.24) is 10.3 Å². The summed E-state index contributed by atoms with van der Waals surface area (Å²) >= 11 is 1.60. The second kappa shape index (κ2) is 6.71. The van der Waals surface area contributed by atoms with Crippen LogP contribution in [0.5, 0.6) is 0 Å². The van der Waals surface area contributed by atoms with Gasteiger partial charge in [0.05, 0.1) is 30.6 Å². The number of hydrogen-bond acceptors (Lipinski definition) is 6. The van der Waals surface area contributed by atoms with Gasteiger partial charge in [-0.25, -0.2) is 4.98 Å². The number of hydrogen-bond donors (Lipinski definition) is 2. The highest BCUT2D eigenvalue weighted by atomic mass is 32.1. The maximum Gasteiger partial charge on any atom is 0.119 e. The van der Waals surface area contributed by atoms with Crippen molar-refractivity contribution in [3.8, 4) is 0 Å². The Labute approximate surface area is 130 Å². The van der Waals surface area contributed by atoms with Crippen LogP contribution in [-0.4, -0.2) is 42.1 Å². The van der Waals surface area contributed by atoms with Crippen LogP contribution in [0.2, 0.25) is 0 Å². The van der Waals surface area contributed by atoms with Crippen LogP contribution in [0.25, 0.3) is 0 Å². The van der Waals surface area contributed by atoms with Gasteiger partial charge in [0.1, 0.15) is 5.01 Å². The van der Waals surface area contributed by atoms with Gasteiger partial charge in [-0.3, -0.25) is 0 Å². The Morgan fingerprint density at radius 3 is 2.86 bits per heavy atom. The molecular formula is C15H26N2O3S. The number of methoxy groups -OCH3 is 1. The fourth-order valence-corrected chi connectivity index (χ4v) is 3.75. The van der Waals surface area contributed by atoms with E-state index in [0.29, 0.717) is 19.8 Å². The Morgan fingerprint density at radius 2 is 2.29 bits per heavy atom. The number of thiazole rings is 1. The van der Waals surface area contributed by atoms with Crippen molar-refractivity contribution in [1.29, 1.82) is 0 Å². The van der Waals surface area contributed by atoms with Crippen molar-refractivity contribution in [3.63, 3.8) is 0 Å². The average molecular weight is 314 g/mol. The van der Waals surface area contributed by atoms with Gasteiger partial charge in [0.15, 0.2) is 0 Å². The second-order valence-electron chi connectivity index (χ2n) is 6.13. The molecule has 6 heteroatoms. The van der Waals surface area contributed by atoms with Crippen LogP contribution in [0.3, 0.4) is 0 Å². The van der Waals surface area contributed by atoms with E-state index in [-0.39, 0.29) is 23.7 Å². The van der Waals surface area contributed by atoms with Gasteiger partial charge in [-0.15, -0.1) is 11.3 Å². The first kappa shape index (κ1) is 16.8. The summed E-state index contributed by atoms with van der Waals surface area (Å²) in [5.74, 6) is 0. The highest BCUT2D eigenvalue weighted by Crippen LogP contribution is 2.51. The lowest BCUT2D eigenvalue weighted by Gasteiger charge is -2.60. The smallest absolute Gasteiger partial charge is 0.119 e. The number of nitrogens with zero attached hydrogens (tertiary/aromatic N) is 1. The molecule has 0 unspecified atom stereocenters. The summed E-state index contributed by atoms with van der Waals surface area (Å²) in [6, 6.07) is 0. The molecule has 2 atom stereocenters. The molecule has 120 valence electrons. The van der Waals surface area contributed by atoms with Crippen molar-refractivity contribution in [2.24, 2.45) is 5.41 Å². The Balaban J connectivity index is 1.96. The molecule has 1 aliphatic rings. The van der Waals surface area contributed by atoms with Gasteiger partial charge in [-0.2, -0.15) is 0 Å². The first-order valence-electron chi connectivity index (χ1n) is 7.39. The molecule has 1 heterocycles. The van der Waals surface area contributed by atoms with Gasteiger partial charge in [0, 0.05) is 31.1 Å². The monoisotopic (exact) mass is 314 g/mol. The topological polar surface area (TPSA) is 63.6 Å². The van der Waals surface area contributed by atoms with E-state index in [0.717, 1.165) is 17.1 Å². The van der Waals surface area contributed by atoms with E-state index in [9.17, 15) is 5.11 Å². The molecule has 2 N–H and O–H groups in total. The maximum absolute atomic E-state index is 9.87. The second-order valence-corrected chi connectivity index (χ2v) is 7.07. The summed E-state index contributed by atoms with van der Waals surface area (Å²) in [6.45, 7) is 8.33. The predicted molar refractivity (Wildman–Crippen MR) is 83.3 cm³/mol. The minimum atomic E-state index is -0.294. The summed E-state index contributed by atoms with van der Waals surface area (Å²) in [6.07, 6.45) is 1.03. The predicted octanol–water partition coefficient (Wildman–Crippen LogP) is 1.95. The third-order valence-electron chi connectivity index (χ3n) is 4.68. The molecule has 21 heavy (non-hydrogen) atoms. The Kier molecular flexibility index (Phi) is 5.38. The molecule has 0 spiro atoms. The summed E-state index contributed by atoms with van der Waals surface area (Å²) < 4.78 is 10.8. The summed E-state index contributed by atoms with van der Waals surface area (Å²) in [5.41, 5.74) is 0.608. The van der Waals surface area contributed by atoms with E-state index >= 15 is 0 Å². The minimum Gasteiger partial charge on any atom is -0.394 e. The zero-order valence-corrected chi connectivity index (χ0v) is 14.1. The third kappa shape index (κ3) is 3.14. The van der Waals surface area contributed by atoms with Crippen molar-refractivity contribution in [3.05, 3.63) is 16.1 Å². The SMILES string of the molecule is CCO[C@H]1C[C@](CO)(NCc2csc(COC)n2)C1(C)C. The van der Waals surface area contributed by atoms with E-state index in [1.807, 2.05) is 12.3 Å². The van der Waals surface area contributed by atoms with Gasteiger partial charge in [0.25, 0.3) is 0 Å². The van der Waals surface area contributed by atoms with Crippen LogP contribution in [0, 0.1) is 5.41 Å². The highest BCUT2D eigenvalue weighted by molar-refractivity contribution is 7.09. The Morgan fingerprint density at radius 1 is 1.52 bits per heavy atom. The number of aliphatic hydroxyl groups is 1. The van der Waals surface area contributed by atoms with Crippen LogP contribution in [-0.2, 0) is 22.6 Å². The molecule has 2 rings (SSSR count). The first-order valence-corrected chi connectivity index (χ1v) is 8.26. The molecule has 0 bridgehead atoms. The molecule has 1 aliphatic carbocycles. The number of aromatic nitrogens is 1. The molecule has 0 aromatic carbocycles. The number of rotatable bonds is 8. The van der Waals surface area contributed by atoms with Gasteiger partial charge in [0.2, 0.25) is 0 Å². The van der Waals surface area contributed by atoms with Crippen LogP contribution >= 0.6 is 11.3 Å². The number of nitrogens with one attached hydrogen (secondary N) is 1. The van der Waals surface area contributed by atoms with Crippen LogP contribution in [0.1, 0.15) is 37.9 Å². The van der Waals surface area contributed by atoms with E-state index in [1.165, 1.54) is 0 Å². The Bertz CT molecular complexity index is 464. The first-order chi connectivity index (χ1) is 9.99. The molecule has 0 aliphatic heterocycles. The van der Waals surface area contributed by atoms with Crippen molar-refractivity contribution in [2.75, 3.05) is 20.3 Å². The van der Waals surface area contributed by atoms with Crippen LogP contribution in [0.4, 0.5) is 0 Å². The van der Waals surface area contributed by atoms with Gasteiger partial charge < -0.3 is 19.9 Å². The lowest BCUT2D eigenvalue weighted by atomic mass is 9.54. The molecular weight excluding hydrogens is 288 g/mol. The average Bonchev–Trinajstić information content (AvgIpc) is 2.90. The largest absolute Gasteiger partial charge is 0.394 e. The standard InChI is InChI=1S/C15H26N2O3S/c1-5-20-12-6-15(10-18,14(12,2)3)16-7-11-9-21-13(17-11)8-19-4/h9,12,16,18H,5-8,10H2,1-4H3/t12-,15+/m0/s1. The molecule has 5 nitrogen and oxygen atoms in total. The molecule has 1 aromatic rings. The minimum absolute atomic E-state index is 0.0941.